The molecule has 11 nitrogen and oxygen atoms in total. The number of alkyl carbamates (subject to hydrolysis) is 1. The molecular formula is C14H24N3O8S-. The number of unbranched alkanes of at least 4 members (excludes halogenated alkanes) is 1. The minimum atomic E-state index is -2.95. The normalized spacial score (nSPS) is 17.0. The number of nitrogens with one attached hydrogen (secondary N) is 1. The molecule has 0 aromatic rings. The van der Waals surface area contributed by atoms with Crippen molar-refractivity contribution < 1.29 is 37.7 Å². The number of hydrogen-bond acceptors (Lipinski definition) is 7. The Balaban J connectivity index is 2.52. The van der Waals surface area contributed by atoms with E-state index >= 15 is 0 Å². The molecule has 2 amide bonds. The number of rotatable bonds is 9. The van der Waals surface area contributed by atoms with Crippen molar-refractivity contribution in [1.82, 2.24) is 14.7 Å². The van der Waals surface area contributed by atoms with Crippen molar-refractivity contribution in [3.8, 4) is 0 Å². The number of ether oxygens (including phenoxy) is 2. The smallest absolute Gasteiger partial charge is 0.425 e. The zero-order valence-corrected chi connectivity index (χ0v) is 15.7. The zero-order valence-electron chi connectivity index (χ0n) is 14.9. The van der Waals surface area contributed by atoms with Crippen LogP contribution < -0.4 is 5.32 Å². The van der Waals surface area contributed by atoms with Gasteiger partial charge in [0.1, 0.15) is 18.2 Å². The first kappa shape index (κ1) is 22.1. The molecule has 0 saturated carbocycles. The van der Waals surface area contributed by atoms with E-state index in [1.807, 2.05) is 0 Å². The van der Waals surface area contributed by atoms with Gasteiger partial charge in [-0.15, -0.1) is 4.41 Å². The number of hydrazine groups is 1. The fourth-order valence-electron chi connectivity index (χ4n) is 2.21. The Labute approximate surface area is 154 Å². The molecule has 0 spiro atoms. The average Bonchev–Trinajstić information content (AvgIpc) is 2.89. The van der Waals surface area contributed by atoms with Crippen molar-refractivity contribution in [3.05, 3.63) is 0 Å². The predicted octanol–water partition coefficient (Wildman–Crippen LogP) is 0.598. The molecular weight excluding hydrogens is 370 g/mol. The summed E-state index contributed by atoms with van der Waals surface area (Å²) in [6.07, 6.45) is -0.819. The highest BCUT2D eigenvalue weighted by atomic mass is 32.2. The zero-order chi connectivity index (χ0) is 19.9. The lowest BCUT2D eigenvalue weighted by atomic mass is 10.1. The summed E-state index contributed by atoms with van der Waals surface area (Å²) in [5.74, 6) is -1.38. The van der Waals surface area contributed by atoms with Crippen LogP contribution in [0.25, 0.3) is 0 Å². The lowest BCUT2D eigenvalue weighted by Crippen LogP contribution is -2.53. The van der Waals surface area contributed by atoms with E-state index in [1.165, 1.54) is 0 Å². The molecule has 0 aliphatic carbocycles. The average molecular weight is 394 g/mol. The van der Waals surface area contributed by atoms with E-state index < -0.39 is 41.1 Å². The Morgan fingerprint density at radius 2 is 2.12 bits per heavy atom. The molecule has 2 atom stereocenters. The fraction of sp³-hybridized carbons (Fsp3) is 0.786. The highest BCUT2D eigenvalue weighted by Crippen LogP contribution is 2.18. The molecule has 0 aromatic heterocycles. The molecule has 1 unspecified atom stereocenters. The van der Waals surface area contributed by atoms with Gasteiger partial charge in [-0.3, -0.25) is 9.00 Å². The van der Waals surface area contributed by atoms with Gasteiger partial charge in [0.2, 0.25) is 0 Å². The fourth-order valence-corrected chi connectivity index (χ4v) is 2.93. The van der Waals surface area contributed by atoms with Crippen LogP contribution in [0.3, 0.4) is 0 Å². The summed E-state index contributed by atoms with van der Waals surface area (Å²) in [7, 11) is 0. The summed E-state index contributed by atoms with van der Waals surface area (Å²) in [5, 5.41) is 12.6. The van der Waals surface area contributed by atoms with Gasteiger partial charge in [0.25, 0.3) is 0 Å². The third kappa shape index (κ3) is 7.14. The molecule has 12 heteroatoms. The second kappa shape index (κ2) is 9.69. The van der Waals surface area contributed by atoms with E-state index in [9.17, 15) is 28.3 Å². The van der Waals surface area contributed by atoms with Crippen molar-refractivity contribution in [3.63, 3.8) is 0 Å². The Morgan fingerprint density at radius 3 is 2.58 bits per heavy atom. The number of carboxylic acids is 1. The van der Waals surface area contributed by atoms with Crippen LogP contribution in [0.4, 0.5) is 9.59 Å². The second-order valence-corrected chi connectivity index (χ2v) is 7.34. The van der Waals surface area contributed by atoms with Gasteiger partial charge in [-0.05, 0) is 40.0 Å². The molecule has 0 radical (unpaired) electrons. The molecule has 0 aromatic carbocycles. The monoisotopic (exact) mass is 394 g/mol. The SMILES string of the molecule is CC(C)(C)OC(=O)NCCCC[C@@H](C(=O)O)N(N1CCOC1=O)S(=O)[O-]. The number of carboxylic acid groups (broad SMARTS) is 1. The van der Waals surface area contributed by atoms with Gasteiger partial charge < -0.3 is 24.4 Å². The maximum absolute atomic E-state index is 11.5. The van der Waals surface area contributed by atoms with Crippen LogP contribution >= 0.6 is 0 Å². The number of carbonyl (C=O) groups is 3. The van der Waals surface area contributed by atoms with E-state index in [-0.39, 0.29) is 26.1 Å². The van der Waals surface area contributed by atoms with Crippen LogP contribution in [0.5, 0.6) is 0 Å². The molecule has 2 N–H and O–H groups in total. The van der Waals surface area contributed by atoms with E-state index in [1.54, 1.807) is 20.8 Å². The molecule has 26 heavy (non-hydrogen) atoms. The summed E-state index contributed by atoms with van der Waals surface area (Å²) in [6, 6.07) is -1.44. The van der Waals surface area contributed by atoms with Crippen molar-refractivity contribution in [1.29, 1.82) is 0 Å². The number of aliphatic carboxylic acids is 1. The summed E-state index contributed by atoms with van der Waals surface area (Å²) in [4.78, 5) is 34.5. The summed E-state index contributed by atoms with van der Waals surface area (Å²) >= 11 is -2.95. The number of amides is 2. The number of cyclic esters (lactones) is 1. The van der Waals surface area contributed by atoms with Gasteiger partial charge in [-0.1, -0.05) is 0 Å². The van der Waals surface area contributed by atoms with Crippen molar-refractivity contribution >= 4 is 29.4 Å². The van der Waals surface area contributed by atoms with Gasteiger partial charge in [0, 0.05) is 17.8 Å². The molecule has 1 saturated heterocycles. The first-order valence-electron chi connectivity index (χ1n) is 8.05. The highest BCUT2D eigenvalue weighted by molar-refractivity contribution is 7.76. The van der Waals surface area contributed by atoms with Gasteiger partial charge in [0.05, 0.1) is 6.54 Å². The maximum atomic E-state index is 11.5. The molecule has 1 rings (SSSR count). The first-order valence-corrected chi connectivity index (χ1v) is 9.08. The molecule has 1 aliphatic rings. The third-order valence-electron chi connectivity index (χ3n) is 3.25. The topological polar surface area (TPSA) is 149 Å². The van der Waals surface area contributed by atoms with E-state index in [4.69, 9.17) is 4.74 Å². The summed E-state index contributed by atoms with van der Waals surface area (Å²) < 4.78 is 33.1. The number of hydrogen-bond donors (Lipinski definition) is 2. The Morgan fingerprint density at radius 1 is 1.46 bits per heavy atom. The lowest BCUT2D eigenvalue weighted by molar-refractivity contribution is -0.145. The van der Waals surface area contributed by atoms with Crippen molar-refractivity contribution in [2.24, 2.45) is 0 Å². The highest BCUT2D eigenvalue weighted by Gasteiger charge is 2.37. The van der Waals surface area contributed by atoms with E-state index in [2.05, 4.69) is 10.1 Å². The molecule has 1 fully saturated rings. The Hall–Kier alpha value is -1.92. The predicted molar refractivity (Wildman–Crippen MR) is 88.3 cm³/mol. The van der Waals surface area contributed by atoms with Crippen LogP contribution in [-0.4, -0.2) is 72.8 Å². The largest absolute Gasteiger partial charge is 0.758 e. The quantitative estimate of drug-likeness (QED) is 0.426. The number of carbonyl (C=O) groups excluding carboxylic acids is 2. The summed E-state index contributed by atoms with van der Waals surface area (Å²) in [5.41, 5.74) is -0.623. The minimum Gasteiger partial charge on any atom is -0.758 e. The molecule has 1 aliphatic heterocycles. The van der Waals surface area contributed by atoms with Gasteiger partial charge in [-0.25, -0.2) is 14.6 Å². The van der Waals surface area contributed by atoms with Crippen LogP contribution in [-0.2, 0) is 25.5 Å². The molecule has 1 heterocycles. The third-order valence-corrected chi connectivity index (χ3v) is 4.01. The molecule has 0 bridgehead atoms. The van der Waals surface area contributed by atoms with Crippen LogP contribution in [0.2, 0.25) is 0 Å². The van der Waals surface area contributed by atoms with Crippen molar-refractivity contribution in [2.45, 2.75) is 51.7 Å². The van der Waals surface area contributed by atoms with E-state index in [0.29, 0.717) is 17.3 Å². The Bertz CT molecular complexity index is 551. The second-order valence-electron chi connectivity index (χ2n) is 6.54. The first-order chi connectivity index (χ1) is 12.0. The van der Waals surface area contributed by atoms with Crippen LogP contribution in [0, 0.1) is 0 Å². The van der Waals surface area contributed by atoms with Gasteiger partial charge in [0.15, 0.2) is 0 Å². The van der Waals surface area contributed by atoms with Gasteiger partial charge >= 0.3 is 18.2 Å². The summed E-state index contributed by atoms with van der Waals surface area (Å²) in [6.45, 7) is 5.37. The van der Waals surface area contributed by atoms with Gasteiger partial charge in [-0.2, -0.15) is 0 Å². The standard InChI is InChI=1S/C14H25N3O8S/c1-14(2,3)25-12(20)15-7-5-4-6-10(11(18)19)17(26(22)23)16-8-9-24-13(16)21/h10H,4-9H2,1-3H3,(H,15,20)(H,18,19)(H,22,23)/p-1/t10-/m0/s1. The van der Waals surface area contributed by atoms with E-state index in [0.717, 1.165) is 5.01 Å². The minimum absolute atomic E-state index is 0.0152. The number of nitrogens with zero attached hydrogens (tertiary/aromatic N) is 2. The van der Waals surface area contributed by atoms with Crippen LogP contribution in [0.15, 0.2) is 0 Å². The lowest BCUT2D eigenvalue weighted by Gasteiger charge is -2.35. The molecule has 150 valence electrons. The van der Waals surface area contributed by atoms with Crippen molar-refractivity contribution in [2.75, 3.05) is 19.7 Å². The van der Waals surface area contributed by atoms with Crippen LogP contribution in [0.1, 0.15) is 40.0 Å². The Kier molecular flexibility index (Phi) is 8.24. The maximum Gasteiger partial charge on any atom is 0.425 e.